The zero-order valence-electron chi connectivity index (χ0n) is 15.0. The Kier molecular flexibility index (Phi) is 5.04. The Hall–Kier alpha value is -2.50. The SMILES string of the molecule is NC1=c2ncn([C@@H]3O[C@H](CO)[C@@H](O)[C@H]3O)c2=NCN1C(CO)c1ccccc1. The van der Waals surface area contributed by atoms with Crippen LogP contribution in [0.5, 0.6) is 0 Å². The molecular formula is C18H23N5O5. The number of hydrogen-bond acceptors (Lipinski definition) is 9. The van der Waals surface area contributed by atoms with Crippen LogP contribution in [0.1, 0.15) is 17.8 Å². The monoisotopic (exact) mass is 389 g/mol. The lowest BCUT2D eigenvalue weighted by Crippen LogP contribution is -2.48. The summed E-state index contributed by atoms with van der Waals surface area (Å²) in [5.41, 5.74) is 7.64. The highest BCUT2D eigenvalue weighted by Gasteiger charge is 2.44. The minimum absolute atomic E-state index is 0.148. The van der Waals surface area contributed by atoms with Gasteiger partial charge in [0.1, 0.15) is 36.2 Å². The Morgan fingerprint density at radius 1 is 1.18 bits per heavy atom. The fourth-order valence-corrected chi connectivity index (χ4v) is 3.67. The molecule has 0 amide bonds. The molecule has 1 fully saturated rings. The third-order valence-electron chi connectivity index (χ3n) is 5.22. The normalized spacial score (nSPS) is 28.1. The van der Waals surface area contributed by atoms with Gasteiger partial charge in [-0.1, -0.05) is 30.3 Å². The Bertz CT molecular complexity index is 949. The topological polar surface area (TPSA) is 150 Å². The summed E-state index contributed by atoms with van der Waals surface area (Å²) in [5, 5.41) is 39.9. The van der Waals surface area contributed by atoms with Gasteiger partial charge in [-0.05, 0) is 5.56 Å². The molecule has 2 aromatic rings. The first-order valence-electron chi connectivity index (χ1n) is 8.98. The molecule has 1 unspecified atom stereocenters. The maximum Gasteiger partial charge on any atom is 0.165 e. The molecule has 1 aromatic carbocycles. The van der Waals surface area contributed by atoms with Crippen LogP contribution in [-0.2, 0) is 4.74 Å². The van der Waals surface area contributed by atoms with Gasteiger partial charge in [0.25, 0.3) is 0 Å². The van der Waals surface area contributed by atoms with E-state index >= 15 is 0 Å². The average Bonchev–Trinajstić information content (AvgIpc) is 3.27. The van der Waals surface area contributed by atoms with Gasteiger partial charge in [0.15, 0.2) is 11.7 Å². The highest BCUT2D eigenvalue weighted by Crippen LogP contribution is 2.28. The first-order valence-corrected chi connectivity index (χ1v) is 8.98. The van der Waals surface area contributed by atoms with E-state index < -0.39 is 31.1 Å². The molecule has 10 heteroatoms. The van der Waals surface area contributed by atoms with E-state index in [1.165, 1.54) is 10.9 Å². The smallest absolute Gasteiger partial charge is 0.165 e. The lowest BCUT2D eigenvalue weighted by atomic mass is 10.1. The molecule has 5 atom stereocenters. The standard InChI is InChI=1S/C18H23N5O5/c19-16-13-17(21-9-22(16)11(6-24)10-4-2-1-3-5-10)23(8-20-13)18-15(27)14(26)12(7-25)28-18/h1-5,8,11-12,14-15,18,24-27H,6-7,9,19H2/t11?,12-,14-,15-,18-/m1/s1. The van der Waals surface area contributed by atoms with Crippen molar-refractivity contribution in [3.63, 3.8) is 0 Å². The van der Waals surface area contributed by atoms with Crippen molar-refractivity contribution in [2.45, 2.75) is 30.6 Å². The predicted molar refractivity (Wildman–Crippen MR) is 96.6 cm³/mol. The van der Waals surface area contributed by atoms with Crippen LogP contribution in [0.25, 0.3) is 5.82 Å². The molecule has 2 aliphatic rings. The molecule has 2 aliphatic heterocycles. The zero-order valence-corrected chi connectivity index (χ0v) is 15.0. The van der Waals surface area contributed by atoms with Crippen LogP contribution in [0.2, 0.25) is 0 Å². The van der Waals surface area contributed by atoms with Crippen molar-refractivity contribution in [1.82, 2.24) is 14.5 Å². The lowest BCUT2D eigenvalue weighted by molar-refractivity contribution is -0.0546. The molecule has 3 heterocycles. The predicted octanol–water partition coefficient (Wildman–Crippen LogP) is -2.85. The molecule has 1 saturated heterocycles. The van der Waals surface area contributed by atoms with E-state index in [-0.39, 0.29) is 19.3 Å². The van der Waals surface area contributed by atoms with Crippen molar-refractivity contribution in [3.05, 3.63) is 53.1 Å². The van der Waals surface area contributed by atoms with Gasteiger partial charge in [-0.15, -0.1) is 0 Å². The van der Waals surface area contributed by atoms with Crippen LogP contribution in [0, 0.1) is 0 Å². The van der Waals surface area contributed by atoms with Crippen molar-refractivity contribution in [3.8, 4) is 0 Å². The van der Waals surface area contributed by atoms with Crippen LogP contribution in [-0.4, -0.2) is 73.1 Å². The average molecular weight is 389 g/mol. The molecule has 1 aromatic heterocycles. The third-order valence-corrected chi connectivity index (χ3v) is 5.22. The summed E-state index contributed by atoms with van der Waals surface area (Å²) in [7, 11) is 0. The minimum Gasteiger partial charge on any atom is -0.394 e. The molecule has 4 rings (SSSR count). The Morgan fingerprint density at radius 2 is 1.93 bits per heavy atom. The largest absolute Gasteiger partial charge is 0.394 e. The van der Waals surface area contributed by atoms with Gasteiger partial charge in [0, 0.05) is 0 Å². The fraction of sp³-hybridized carbons (Fsp3) is 0.444. The van der Waals surface area contributed by atoms with Gasteiger partial charge in [-0.3, -0.25) is 4.57 Å². The first kappa shape index (κ1) is 18.8. The molecule has 28 heavy (non-hydrogen) atoms. The van der Waals surface area contributed by atoms with Crippen LogP contribution in [0.3, 0.4) is 0 Å². The summed E-state index contributed by atoms with van der Waals surface area (Å²) in [4.78, 5) is 10.6. The van der Waals surface area contributed by atoms with Crippen LogP contribution in [0.15, 0.2) is 41.7 Å². The van der Waals surface area contributed by atoms with Crippen LogP contribution < -0.4 is 16.6 Å². The summed E-state index contributed by atoms with van der Waals surface area (Å²) >= 11 is 0. The maximum absolute atomic E-state index is 10.3. The molecule has 150 valence electrons. The lowest BCUT2D eigenvalue weighted by Gasteiger charge is -2.32. The van der Waals surface area contributed by atoms with Gasteiger partial charge < -0.3 is 35.8 Å². The van der Waals surface area contributed by atoms with E-state index in [0.29, 0.717) is 16.7 Å². The number of nitrogens with two attached hydrogens (primary N) is 1. The second-order valence-corrected chi connectivity index (χ2v) is 6.82. The number of benzene rings is 1. The number of hydrogen-bond donors (Lipinski definition) is 5. The van der Waals surface area contributed by atoms with Crippen molar-refractivity contribution in [2.24, 2.45) is 10.7 Å². The highest BCUT2D eigenvalue weighted by molar-refractivity contribution is 5.39. The van der Waals surface area contributed by atoms with Crippen LogP contribution >= 0.6 is 0 Å². The minimum atomic E-state index is -1.24. The van der Waals surface area contributed by atoms with Crippen molar-refractivity contribution in [1.29, 1.82) is 0 Å². The Balaban J connectivity index is 1.70. The van der Waals surface area contributed by atoms with Gasteiger partial charge in [-0.25, -0.2) is 9.98 Å². The number of imidazole rings is 1. The Morgan fingerprint density at radius 3 is 2.57 bits per heavy atom. The summed E-state index contributed by atoms with van der Waals surface area (Å²) in [6.07, 6.45) is -2.85. The maximum atomic E-state index is 10.3. The second kappa shape index (κ2) is 7.49. The van der Waals surface area contributed by atoms with E-state index in [2.05, 4.69) is 9.98 Å². The number of aliphatic hydroxyl groups excluding tert-OH is 4. The highest BCUT2D eigenvalue weighted by atomic mass is 16.6. The number of ether oxygens (including phenoxy) is 1. The van der Waals surface area contributed by atoms with Gasteiger partial charge >= 0.3 is 0 Å². The van der Waals surface area contributed by atoms with Crippen molar-refractivity contribution >= 4 is 5.82 Å². The summed E-state index contributed by atoms with van der Waals surface area (Å²) in [6.45, 7) is -0.384. The third kappa shape index (κ3) is 2.95. The van der Waals surface area contributed by atoms with Crippen molar-refractivity contribution < 1.29 is 25.2 Å². The molecule has 0 radical (unpaired) electrons. The molecule has 10 nitrogen and oxygen atoms in total. The molecule has 6 N–H and O–H groups in total. The number of rotatable bonds is 5. The molecule has 0 aliphatic carbocycles. The van der Waals surface area contributed by atoms with E-state index in [1.54, 1.807) is 4.90 Å². The Labute approximate surface area is 160 Å². The number of aromatic nitrogens is 2. The number of aliphatic hydroxyl groups is 4. The van der Waals surface area contributed by atoms with Gasteiger partial charge in [0.2, 0.25) is 0 Å². The van der Waals surface area contributed by atoms with E-state index in [1.807, 2.05) is 30.3 Å². The molecule has 0 bridgehead atoms. The van der Waals surface area contributed by atoms with Gasteiger partial charge in [-0.2, -0.15) is 0 Å². The van der Waals surface area contributed by atoms with E-state index in [4.69, 9.17) is 10.5 Å². The van der Waals surface area contributed by atoms with Gasteiger partial charge in [0.05, 0.1) is 25.6 Å². The number of fused-ring (bicyclic) bond motifs is 1. The zero-order chi connectivity index (χ0) is 19.8. The van der Waals surface area contributed by atoms with Crippen LogP contribution in [0.4, 0.5) is 0 Å². The van der Waals surface area contributed by atoms with E-state index in [9.17, 15) is 20.4 Å². The molecule has 0 saturated carbocycles. The summed E-state index contributed by atoms with van der Waals surface area (Å²) < 4.78 is 7.05. The first-order chi connectivity index (χ1) is 13.6. The number of nitrogens with zero attached hydrogens (tertiary/aromatic N) is 4. The summed E-state index contributed by atoms with van der Waals surface area (Å²) in [5.74, 6) is 0.346. The van der Waals surface area contributed by atoms with Crippen molar-refractivity contribution in [2.75, 3.05) is 19.9 Å². The second-order valence-electron chi connectivity index (χ2n) is 6.82. The van der Waals surface area contributed by atoms with E-state index in [0.717, 1.165) is 5.56 Å². The quantitative estimate of drug-likeness (QED) is 0.367. The fourth-order valence-electron chi connectivity index (χ4n) is 3.67. The summed E-state index contributed by atoms with van der Waals surface area (Å²) in [6, 6.07) is 9.10. The molecular weight excluding hydrogens is 366 g/mol. The molecule has 0 spiro atoms.